The minimum atomic E-state index is -0.196. The molecule has 0 saturated carbocycles. The van der Waals surface area contributed by atoms with E-state index >= 15 is 0 Å². The van der Waals surface area contributed by atoms with Gasteiger partial charge < -0.3 is 9.64 Å². The van der Waals surface area contributed by atoms with Gasteiger partial charge in [0, 0.05) is 13.1 Å². The second-order valence-electron chi connectivity index (χ2n) is 5.63. The van der Waals surface area contributed by atoms with E-state index in [-0.39, 0.29) is 25.0 Å². The fourth-order valence-electron chi connectivity index (χ4n) is 2.74. The molecular weight excluding hydrogens is 304 g/mol. The average molecular weight is 324 g/mol. The van der Waals surface area contributed by atoms with Crippen LogP contribution in [0.5, 0.6) is 5.75 Å². The highest BCUT2D eigenvalue weighted by molar-refractivity contribution is 6.02. The number of carbonyl (C=O) groups excluding carboxylic acids is 2. The van der Waals surface area contributed by atoms with Crippen LogP contribution in [0.15, 0.2) is 54.6 Å². The summed E-state index contributed by atoms with van der Waals surface area (Å²) >= 11 is 0. The molecule has 24 heavy (non-hydrogen) atoms. The smallest absolute Gasteiger partial charge is 0.265 e. The quantitative estimate of drug-likeness (QED) is 0.849. The monoisotopic (exact) mass is 324 g/mol. The van der Waals surface area contributed by atoms with Gasteiger partial charge in [-0.25, -0.2) is 0 Å². The van der Waals surface area contributed by atoms with Crippen molar-refractivity contribution in [3.05, 3.63) is 60.2 Å². The van der Waals surface area contributed by atoms with Gasteiger partial charge in [-0.2, -0.15) is 0 Å². The van der Waals surface area contributed by atoms with Crippen LogP contribution < -0.4 is 9.64 Å². The van der Waals surface area contributed by atoms with Crippen molar-refractivity contribution in [2.45, 2.75) is 13.5 Å². The van der Waals surface area contributed by atoms with Gasteiger partial charge in [0.15, 0.2) is 6.61 Å². The zero-order valence-electron chi connectivity index (χ0n) is 13.6. The van der Waals surface area contributed by atoms with E-state index in [2.05, 4.69) is 0 Å². The minimum Gasteiger partial charge on any atom is -0.482 e. The van der Waals surface area contributed by atoms with Gasteiger partial charge in [-0.1, -0.05) is 42.5 Å². The van der Waals surface area contributed by atoms with E-state index in [0.717, 1.165) is 5.56 Å². The number of hydrogen-bond acceptors (Lipinski definition) is 3. The lowest BCUT2D eigenvalue weighted by atomic mass is 10.2. The minimum absolute atomic E-state index is 0.0277. The number of carbonyl (C=O) groups is 2. The van der Waals surface area contributed by atoms with Gasteiger partial charge in [0.25, 0.3) is 5.91 Å². The van der Waals surface area contributed by atoms with Gasteiger partial charge >= 0.3 is 0 Å². The molecule has 0 radical (unpaired) electrons. The fraction of sp³-hybridized carbons (Fsp3) is 0.263. The molecule has 5 nitrogen and oxygen atoms in total. The van der Waals surface area contributed by atoms with Crippen LogP contribution in [0.3, 0.4) is 0 Å². The number of nitrogens with zero attached hydrogens (tertiary/aromatic N) is 2. The van der Waals surface area contributed by atoms with E-state index in [0.29, 0.717) is 24.5 Å². The van der Waals surface area contributed by atoms with E-state index in [1.54, 1.807) is 17.0 Å². The van der Waals surface area contributed by atoms with Crippen molar-refractivity contribution >= 4 is 17.5 Å². The Morgan fingerprint density at radius 1 is 1.12 bits per heavy atom. The molecule has 2 aromatic carbocycles. The zero-order chi connectivity index (χ0) is 16.9. The van der Waals surface area contributed by atoms with Gasteiger partial charge in [-0.15, -0.1) is 0 Å². The molecule has 0 unspecified atom stereocenters. The molecule has 124 valence electrons. The van der Waals surface area contributed by atoms with Gasteiger partial charge in [-0.3, -0.25) is 14.5 Å². The number of rotatable bonds is 5. The molecule has 0 aliphatic carbocycles. The molecular formula is C19H20N2O3. The molecule has 0 aromatic heterocycles. The molecule has 0 atom stereocenters. The Balaban J connectivity index is 1.74. The summed E-state index contributed by atoms with van der Waals surface area (Å²) in [5, 5.41) is 0. The summed E-state index contributed by atoms with van der Waals surface area (Å²) in [6, 6.07) is 17.1. The molecule has 1 aliphatic rings. The Morgan fingerprint density at radius 2 is 1.83 bits per heavy atom. The summed E-state index contributed by atoms with van der Waals surface area (Å²) < 4.78 is 5.41. The van der Waals surface area contributed by atoms with Crippen LogP contribution >= 0.6 is 0 Å². The lowest BCUT2D eigenvalue weighted by molar-refractivity contribution is -0.132. The molecule has 1 heterocycles. The Morgan fingerprint density at radius 3 is 2.58 bits per heavy atom. The van der Waals surface area contributed by atoms with Crippen LogP contribution in [0.1, 0.15) is 12.5 Å². The maximum Gasteiger partial charge on any atom is 0.265 e. The van der Waals surface area contributed by atoms with E-state index in [4.69, 9.17) is 4.74 Å². The molecule has 3 rings (SSSR count). The predicted octanol–water partition coefficient (Wildman–Crippen LogP) is 2.46. The summed E-state index contributed by atoms with van der Waals surface area (Å²) in [7, 11) is 0. The second-order valence-corrected chi connectivity index (χ2v) is 5.63. The van der Waals surface area contributed by atoms with Crippen LogP contribution in [0.4, 0.5) is 5.69 Å². The molecule has 0 saturated heterocycles. The maximum atomic E-state index is 12.7. The summed E-state index contributed by atoms with van der Waals surface area (Å²) in [4.78, 5) is 28.1. The first-order chi connectivity index (χ1) is 11.7. The molecule has 2 aromatic rings. The van der Waals surface area contributed by atoms with Gasteiger partial charge in [0.2, 0.25) is 5.91 Å². The van der Waals surface area contributed by atoms with E-state index in [1.165, 1.54) is 4.90 Å². The van der Waals surface area contributed by atoms with Gasteiger partial charge in [-0.05, 0) is 24.6 Å². The van der Waals surface area contributed by atoms with Crippen LogP contribution in [-0.2, 0) is 16.1 Å². The second kappa shape index (κ2) is 7.17. The van der Waals surface area contributed by atoms with E-state index < -0.39 is 0 Å². The molecule has 0 spiro atoms. The third-order valence-corrected chi connectivity index (χ3v) is 4.05. The number of amides is 2. The fourth-order valence-corrected chi connectivity index (χ4v) is 2.74. The average Bonchev–Trinajstić information content (AvgIpc) is 2.63. The van der Waals surface area contributed by atoms with Crippen molar-refractivity contribution in [2.75, 3.05) is 24.6 Å². The van der Waals surface area contributed by atoms with Crippen molar-refractivity contribution in [2.24, 2.45) is 0 Å². The van der Waals surface area contributed by atoms with Gasteiger partial charge in [0.05, 0.1) is 5.69 Å². The van der Waals surface area contributed by atoms with Crippen molar-refractivity contribution in [1.29, 1.82) is 0 Å². The highest BCUT2D eigenvalue weighted by Gasteiger charge is 2.28. The molecule has 5 heteroatoms. The highest BCUT2D eigenvalue weighted by Crippen LogP contribution is 2.31. The number of anilines is 1. The first-order valence-electron chi connectivity index (χ1n) is 8.03. The number of fused-ring (bicyclic) bond motifs is 1. The Kier molecular flexibility index (Phi) is 4.79. The van der Waals surface area contributed by atoms with Crippen LogP contribution in [0.2, 0.25) is 0 Å². The highest BCUT2D eigenvalue weighted by atomic mass is 16.5. The molecule has 2 amide bonds. The summed E-state index contributed by atoms with van der Waals surface area (Å²) in [5.41, 5.74) is 1.72. The molecule has 0 fully saturated rings. The SMILES string of the molecule is CCN(Cc1ccccc1)C(=O)CN1C(=O)COc2ccccc21. The van der Waals surface area contributed by atoms with Crippen molar-refractivity contribution in [3.8, 4) is 5.75 Å². The van der Waals surface area contributed by atoms with Crippen LogP contribution in [0.25, 0.3) is 0 Å². The summed E-state index contributed by atoms with van der Waals surface area (Å²) in [5.74, 6) is 0.361. The Hall–Kier alpha value is -2.82. The summed E-state index contributed by atoms with van der Waals surface area (Å²) in [6.45, 7) is 3.06. The first kappa shape index (κ1) is 16.1. The van der Waals surface area contributed by atoms with E-state index in [9.17, 15) is 9.59 Å². The number of ether oxygens (including phenoxy) is 1. The van der Waals surface area contributed by atoms with Crippen molar-refractivity contribution in [3.63, 3.8) is 0 Å². The third-order valence-electron chi connectivity index (χ3n) is 4.05. The van der Waals surface area contributed by atoms with Crippen molar-refractivity contribution < 1.29 is 14.3 Å². The predicted molar refractivity (Wildman–Crippen MR) is 91.8 cm³/mol. The topological polar surface area (TPSA) is 49.9 Å². The van der Waals surface area contributed by atoms with Crippen LogP contribution in [0, 0.1) is 0 Å². The number of para-hydroxylation sites is 2. The Labute approximate surface area is 141 Å². The van der Waals surface area contributed by atoms with Crippen molar-refractivity contribution in [1.82, 2.24) is 4.90 Å². The third kappa shape index (κ3) is 3.40. The summed E-state index contributed by atoms with van der Waals surface area (Å²) in [6.07, 6.45) is 0. The molecule has 0 N–H and O–H groups in total. The largest absolute Gasteiger partial charge is 0.482 e. The number of hydrogen-bond donors (Lipinski definition) is 0. The first-order valence-corrected chi connectivity index (χ1v) is 8.03. The number of likely N-dealkylation sites (N-methyl/N-ethyl adjacent to an activating group) is 1. The maximum absolute atomic E-state index is 12.7. The van der Waals surface area contributed by atoms with Crippen LogP contribution in [-0.4, -0.2) is 36.4 Å². The lowest BCUT2D eigenvalue weighted by Gasteiger charge is -2.31. The normalized spacial score (nSPS) is 13.2. The van der Waals surface area contributed by atoms with Gasteiger partial charge in [0.1, 0.15) is 12.3 Å². The molecule has 1 aliphatic heterocycles. The zero-order valence-corrected chi connectivity index (χ0v) is 13.6. The standard InChI is InChI=1S/C19H20N2O3/c1-2-20(12-15-8-4-3-5-9-15)18(22)13-21-16-10-6-7-11-17(16)24-14-19(21)23/h3-11H,2,12-14H2,1H3. The molecule has 0 bridgehead atoms. The Bertz CT molecular complexity index is 730. The van der Waals surface area contributed by atoms with E-state index in [1.807, 2.05) is 49.4 Å². The number of benzene rings is 2. The lowest BCUT2D eigenvalue weighted by Crippen LogP contribution is -2.46.